The Kier molecular flexibility index (Phi) is 7.06. The van der Waals surface area contributed by atoms with Crippen molar-refractivity contribution in [3.05, 3.63) is 0 Å². The van der Waals surface area contributed by atoms with Crippen LogP contribution in [-0.4, -0.2) is 33.2 Å². The van der Waals surface area contributed by atoms with Crippen LogP contribution in [0, 0.1) is 0 Å². The maximum Gasteiger partial charge on any atom is 0.0541 e. The molecule has 2 aliphatic rings. The molecule has 2 saturated carbocycles. The van der Waals surface area contributed by atoms with Crippen LogP contribution in [0.1, 0.15) is 51.4 Å². The summed E-state index contributed by atoms with van der Waals surface area (Å²) in [5.74, 6) is 0. The van der Waals surface area contributed by atoms with Crippen LogP contribution in [0.25, 0.3) is 0 Å². The fourth-order valence-electron chi connectivity index (χ4n) is 2.07. The van der Waals surface area contributed by atoms with Crippen molar-refractivity contribution in [3.63, 3.8) is 0 Å². The highest BCUT2D eigenvalue weighted by atomic mass is 35.5. The van der Waals surface area contributed by atoms with Gasteiger partial charge in [-0.05, 0) is 51.4 Å². The van der Waals surface area contributed by atoms with Crippen molar-refractivity contribution in [2.45, 2.75) is 74.3 Å². The highest BCUT2D eigenvalue weighted by Gasteiger charge is 2.16. The first-order valence-corrected chi connectivity index (χ1v) is 7.09. The zero-order chi connectivity index (χ0) is 12.0. The van der Waals surface area contributed by atoms with E-state index in [-0.39, 0.29) is 12.2 Å². The van der Waals surface area contributed by atoms with Crippen molar-refractivity contribution in [2.75, 3.05) is 0 Å². The van der Waals surface area contributed by atoms with E-state index >= 15 is 0 Å². The summed E-state index contributed by atoms with van der Waals surface area (Å²) in [5.41, 5.74) is 0. The van der Waals surface area contributed by atoms with Gasteiger partial charge in [0.25, 0.3) is 0 Å². The van der Waals surface area contributed by atoms with Gasteiger partial charge in [0.2, 0.25) is 0 Å². The standard InChI is InChI=1S/2C6H11ClO/c2*7-5-1-3-6(8)4-2-5/h2*5-6,8H,1-4H2/t5-,6+;5-,6-. The first kappa shape index (κ1) is 14.6. The van der Waals surface area contributed by atoms with Crippen molar-refractivity contribution in [1.29, 1.82) is 0 Å². The van der Waals surface area contributed by atoms with Crippen molar-refractivity contribution in [1.82, 2.24) is 0 Å². The quantitative estimate of drug-likeness (QED) is 0.663. The van der Waals surface area contributed by atoms with Gasteiger partial charge in [0.1, 0.15) is 0 Å². The van der Waals surface area contributed by atoms with Gasteiger partial charge in [0, 0.05) is 10.8 Å². The van der Waals surface area contributed by atoms with Crippen LogP contribution in [-0.2, 0) is 0 Å². The van der Waals surface area contributed by atoms with Crippen LogP contribution in [0.15, 0.2) is 0 Å². The van der Waals surface area contributed by atoms with Crippen LogP contribution in [0.2, 0.25) is 0 Å². The summed E-state index contributed by atoms with van der Waals surface area (Å²) in [5, 5.41) is 18.6. The molecule has 0 aromatic carbocycles. The van der Waals surface area contributed by atoms with Crippen molar-refractivity contribution in [2.24, 2.45) is 0 Å². The molecular weight excluding hydrogens is 247 g/mol. The Balaban J connectivity index is 0.000000160. The van der Waals surface area contributed by atoms with Gasteiger partial charge in [-0.1, -0.05) is 0 Å². The zero-order valence-corrected chi connectivity index (χ0v) is 11.1. The lowest BCUT2D eigenvalue weighted by Crippen LogP contribution is -2.17. The van der Waals surface area contributed by atoms with Crippen molar-refractivity contribution in [3.8, 4) is 0 Å². The summed E-state index contributed by atoms with van der Waals surface area (Å²) in [6.45, 7) is 0. The Labute approximate surface area is 108 Å². The average Bonchev–Trinajstić information content (AvgIpc) is 2.28. The lowest BCUT2D eigenvalue weighted by atomic mass is 9.98. The third-order valence-corrected chi connectivity index (χ3v) is 4.13. The minimum atomic E-state index is -0.0648. The molecule has 0 saturated heterocycles. The molecule has 4 heteroatoms. The van der Waals surface area contributed by atoms with Crippen molar-refractivity contribution >= 4 is 23.2 Å². The number of rotatable bonds is 0. The molecule has 16 heavy (non-hydrogen) atoms. The lowest BCUT2D eigenvalue weighted by Gasteiger charge is -2.19. The molecule has 2 rings (SSSR count). The van der Waals surface area contributed by atoms with E-state index in [1.165, 1.54) is 0 Å². The molecule has 2 N–H and O–H groups in total. The summed E-state index contributed by atoms with van der Waals surface area (Å²) >= 11 is 11.5. The SMILES string of the molecule is O[C@H]1CC[C@@H](Cl)CC1.O[C@H]1CC[C@H](Cl)CC1. The second-order valence-electron chi connectivity index (χ2n) is 4.81. The van der Waals surface area contributed by atoms with E-state index in [1.807, 2.05) is 0 Å². The van der Waals surface area contributed by atoms with Crippen molar-refractivity contribution < 1.29 is 10.2 Å². The molecule has 2 fully saturated rings. The molecule has 0 aromatic heterocycles. The number of aliphatic hydroxyl groups is 2. The monoisotopic (exact) mass is 268 g/mol. The smallest absolute Gasteiger partial charge is 0.0541 e. The summed E-state index contributed by atoms with van der Waals surface area (Å²) in [4.78, 5) is 0. The second-order valence-corrected chi connectivity index (χ2v) is 6.05. The predicted molar refractivity (Wildman–Crippen MR) is 68.2 cm³/mol. The number of hydrogen-bond donors (Lipinski definition) is 2. The van der Waals surface area contributed by atoms with Crippen LogP contribution in [0.4, 0.5) is 0 Å². The molecule has 0 radical (unpaired) electrons. The fourth-order valence-corrected chi connectivity index (χ4v) is 2.57. The van der Waals surface area contributed by atoms with Crippen LogP contribution in [0.3, 0.4) is 0 Å². The summed E-state index contributed by atoms with van der Waals surface area (Å²) in [6.07, 6.45) is 7.41. The van der Waals surface area contributed by atoms with Crippen LogP contribution >= 0.6 is 23.2 Å². The van der Waals surface area contributed by atoms with E-state index in [0.29, 0.717) is 10.8 Å². The van der Waals surface area contributed by atoms with E-state index in [9.17, 15) is 0 Å². The van der Waals surface area contributed by atoms with E-state index in [1.54, 1.807) is 0 Å². The Morgan fingerprint density at radius 3 is 1.00 bits per heavy atom. The highest BCUT2D eigenvalue weighted by Crippen LogP contribution is 2.22. The second kappa shape index (κ2) is 7.75. The Hall–Kier alpha value is 0.500. The summed E-state index contributed by atoms with van der Waals surface area (Å²) < 4.78 is 0. The molecule has 0 bridgehead atoms. The van der Waals surface area contributed by atoms with Gasteiger partial charge in [-0.25, -0.2) is 0 Å². The maximum atomic E-state index is 8.97. The fraction of sp³-hybridized carbons (Fsp3) is 1.00. The van der Waals surface area contributed by atoms with E-state index in [0.717, 1.165) is 51.4 Å². The summed E-state index contributed by atoms with van der Waals surface area (Å²) in [6, 6.07) is 0. The van der Waals surface area contributed by atoms with Gasteiger partial charge in [-0.15, -0.1) is 23.2 Å². The molecule has 96 valence electrons. The van der Waals surface area contributed by atoms with Crippen LogP contribution < -0.4 is 0 Å². The minimum absolute atomic E-state index is 0.0648. The largest absolute Gasteiger partial charge is 0.393 e. The number of halogens is 2. The molecule has 0 unspecified atom stereocenters. The average molecular weight is 269 g/mol. The third kappa shape index (κ3) is 6.29. The van der Waals surface area contributed by atoms with Gasteiger partial charge in [0.05, 0.1) is 12.2 Å². The molecule has 2 aliphatic carbocycles. The third-order valence-electron chi connectivity index (χ3n) is 3.25. The minimum Gasteiger partial charge on any atom is -0.393 e. The number of hydrogen-bond acceptors (Lipinski definition) is 2. The van der Waals surface area contributed by atoms with Gasteiger partial charge in [-0.3, -0.25) is 0 Å². The first-order chi connectivity index (χ1) is 7.58. The Bertz CT molecular complexity index is 134. The molecule has 0 aliphatic heterocycles. The molecule has 0 spiro atoms. The van der Waals surface area contributed by atoms with E-state index in [2.05, 4.69) is 0 Å². The predicted octanol–water partition coefficient (Wildman–Crippen LogP) is 3.06. The number of aliphatic hydroxyl groups excluding tert-OH is 2. The van der Waals surface area contributed by atoms with Gasteiger partial charge < -0.3 is 10.2 Å². The van der Waals surface area contributed by atoms with Gasteiger partial charge >= 0.3 is 0 Å². The number of alkyl halides is 2. The topological polar surface area (TPSA) is 40.5 Å². The summed E-state index contributed by atoms with van der Waals surface area (Å²) in [7, 11) is 0. The molecule has 0 aromatic rings. The molecule has 0 atom stereocenters. The lowest BCUT2D eigenvalue weighted by molar-refractivity contribution is 0.131. The maximum absolute atomic E-state index is 8.97. The van der Waals surface area contributed by atoms with Gasteiger partial charge in [-0.2, -0.15) is 0 Å². The zero-order valence-electron chi connectivity index (χ0n) is 9.62. The molecule has 2 nitrogen and oxygen atoms in total. The highest BCUT2D eigenvalue weighted by molar-refractivity contribution is 6.20. The Morgan fingerprint density at radius 1 is 0.562 bits per heavy atom. The molecular formula is C12H22Cl2O2. The molecule has 0 amide bonds. The van der Waals surface area contributed by atoms with E-state index < -0.39 is 0 Å². The van der Waals surface area contributed by atoms with E-state index in [4.69, 9.17) is 33.4 Å². The van der Waals surface area contributed by atoms with Gasteiger partial charge in [0.15, 0.2) is 0 Å². The van der Waals surface area contributed by atoms with Crippen LogP contribution in [0.5, 0.6) is 0 Å². The first-order valence-electron chi connectivity index (χ1n) is 6.22. The normalized spacial score (nSPS) is 39.8. The Morgan fingerprint density at radius 2 is 0.812 bits per heavy atom. The molecule has 0 heterocycles.